The molecular formula is C13H19NO. The van der Waals surface area contributed by atoms with Crippen molar-refractivity contribution in [3.05, 3.63) is 28.8 Å². The molecule has 0 bridgehead atoms. The molecule has 0 atom stereocenters. The van der Waals surface area contributed by atoms with E-state index in [9.17, 15) is 5.11 Å². The number of hydrogen-bond acceptors (Lipinski definition) is 2. The van der Waals surface area contributed by atoms with E-state index in [0.717, 1.165) is 24.1 Å². The molecule has 1 fully saturated rings. The van der Waals surface area contributed by atoms with E-state index in [0.29, 0.717) is 11.2 Å². The monoisotopic (exact) mass is 205 g/mol. The average molecular weight is 205 g/mol. The lowest BCUT2D eigenvalue weighted by atomic mass is 9.93. The molecular weight excluding hydrogens is 186 g/mol. The first-order valence-corrected chi connectivity index (χ1v) is 5.55. The van der Waals surface area contributed by atoms with Crippen molar-refractivity contribution in [1.29, 1.82) is 0 Å². The van der Waals surface area contributed by atoms with Gasteiger partial charge in [0.1, 0.15) is 5.75 Å². The van der Waals surface area contributed by atoms with Crippen molar-refractivity contribution in [3.63, 3.8) is 0 Å². The van der Waals surface area contributed by atoms with E-state index in [-0.39, 0.29) is 0 Å². The summed E-state index contributed by atoms with van der Waals surface area (Å²) < 4.78 is 0. The fourth-order valence-corrected chi connectivity index (χ4v) is 2.04. The standard InChI is InChI=1S/C13H19NO/c1-9-5-11(12(15)6-10(9)2)7-13(8-14)3-4-13/h5-6,15H,3-4,7-8,14H2,1-2H3. The van der Waals surface area contributed by atoms with Crippen molar-refractivity contribution in [2.24, 2.45) is 11.1 Å². The van der Waals surface area contributed by atoms with Crippen LogP contribution in [0.15, 0.2) is 12.1 Å². The van der Waals surface area contributed by atoms with Crippen molar-refractivity contribution in [2.45, 2.75) is 33.1 Å². The molecule has 0 radical (unpaired) electrons. The van der Waals surface area contributed by atoms with Crippen LogP contribution in [0.5, 0.6) is 5.75 Å². The molecule has 1 aliphatic rings. The van der Waals surface area contributed by atoms with E-state index in [1.165, 1.54) is 18.4 Å². The summed E-state index contributed by atoms with van der Waals surface area (Å²) in [5.41, 5.74) is 9.49. The number of nitrogens with two attached hydrogens (primary N) is 1. The Labute approximate surface area is 91.1 Å². The fraction of sp³-hybridized carbons (Fsp3) is 0.538. The van der Waals surface area contributed by atoms with Gasteiger partial charge in [-0.2, -0.15) is 0 Å². The summed E-state index contributed by atoms with van der Waals surface area (Å²) in [6.07, 6.45) is 3.34. The molecule has 2 heteroatoms. The summed E-state index contributed by atoms with van der Waals surface area (Å²) in [4.78, 5) is 0. The van der Waals surface area contributed by atoms with Gasteiger partial charge in [0.2, 0.25) is 0 Å². The highest BCUT2D eigenvalue weighted by atomic mass is 16.3. The highest BCUT2D eigenvalue weighted by molar-refractivity contribution is 5.41. The largest absolute Gasteiger partial charge is 0.508 e. The Morgan fingerprint density at radius 1 is 1.27 bits per heavy atom. The zero-order valence-corrected chi connectivity index (χ0v) is 9.51. The smallest absolute Gasteiger partial charge is 0.119 e. The third kappa shape index (κ3) is 2.00. The van der Waals surface area contributed by atoms with E-state index in [1.54, 1.807) is 0 Å². The van der Waals surface area contributed by atoms with Crippen LogP contribution in [0.2, 0.25) is 0 Å². The molecule has 82 valence electrons. The quantitative estimate of drug-likeness (QED) is 0.795. The van der Waals surface area contributed by atoms with Gasteiger partial charge in [-0.1, -0.05) is 6.07 Å². The molecule has 15 heavy (non-hydrogen) atoms. The van der Waals surface area contributed by atoms with E-state index >= 15 is 0 Å². The van der Waals surface area contributed by atoms with Crippen LogP contribution in [0.1, 0.15) is 29.5 Å². The molecule has 3 N–H and O–H groups in total. The van der Waals surface area contributed by atoms with Gasteiger partial charge in [-0.15, -0.1) is 0 Å². The van der Waals surface area contributed by atoms with Crippen molar-refractivity contribution < 1.29 is 5.11 Å². The zero-order valence-electron chi connectivity index (χ0n) is 9.51. The molecule has 1 aromatic carbocycles. The molecule has 1 aliphatic carbocycles. The van der Waals surface area contributed by atoms with Crippen LogP contribution in [0.3, 0.4) is 0 Å². The highest BCUT2D eigenvalue weighted by Gasteiger charge is 2.41. The lowest BCUT2D eigenvalue weighted by Gasteiger charge is -2.14. The van der Waals surface area contributed by atoms with Crippen LogP contribution in [-0.2, 0) is 6.42 Å². The molecule has 0 spiro atoms. The number of aryl methyl sites for hydroxylation is 2. The summed E-state index contributed by atoms with van der Waals surface area (Å²) >= 11 is 0. The number of hydrogen-bond donors (Lipinski definition) is 2. The van der Waals surface area contributed by atoms with Gasteiger partial charge in [-0.05, 0) is 67.8 Å². The molecule has 0 amide bonds. The molecule has 2 rings (SSSR count). The van der Waals surface area contributed by atoms with Crippen molar-refractivity contribution in [3.8, 4) is 5.75 Å². The summed E-state index contributed by atoms with van der Waals surface area (Å²) in [7, 11) is 0. The van der Waals surface area contributed by atoms with Gasteiger partial charge in [0, 0.05) is 0 Å². The number of rotatable bonds is 3. The average Bonchev–Trinajstić information content (AvgIpc) is 2.95. The summed E-state index contributed by atoms with van der Waals surface area (Å²) in [6.45, 7) is 4.84. The molecule has 0 aromatic heterocycles. The molecule has 0 unspecified atom stereocenters. The Morgan fingerprint density at radius 3 is 2.40 bits per heavy atom. The highest BCUT2D eigenvalue weighted by Crippen LogP contribution is 2.48. The molecule has 0 saturated heterocycles. The number of phenols is 1. The predicted molar refractivity (Wildman–Crippen MR) is 62.0 cm³/mol. The van der Waals surface area contributed by atoms with E-state index in [4.69, 9.17) is 5.73 Å². The second-order valence-electron chi connectivity index (χ2n) is 4.95. The normalized spacial score (nSPS) is 17.8. The first-order valence-electron chi connectivity index (χ1n) is 5.55. The van der Waals surface area contributed by atoms with Gasteiger partial charge < -0.3 is 10.8 Å². The van der Waals surface area contributed by atoms with Crippen LogP contribution in [0.25, 0.3) is 0 Å². The lowest BCUT2D eigenvalue weighted by Crippen LogP contribution is -2.18. The third-order valence-corrected chi connectivity index (χ3v) is 3.65. The molecule has 0 aliphatic heterocycles. The number of benzene rings is 1. The number of phenolic OH excluding ortho intramolecular Hbond substituents is 1. The Bertz CT molecular complexity index is 380. The SMILES string of the molecule is Cc1cc(O)c(CC2(CN)CC2)cc1C. The second-order valence-corrected chi connectivity index (χ2v) is 4.95. The van der Waals surface area contributed by atoms with E-state index in [1.807, 2.05) is 13.0 Å². The Balaban J connectivity index is 2.25. The third-order valence-electron chi connectivity index (χ3n) is 3.65. The van der Waals surface area contributed by atoms with E-state index < -0.39 is 0 Å². The maximum absolute atomic E-state index is 9.86. The van der Waals surface area contributed by atoms with Gasteiger partial charge >= 0.3 is 0 Å². The summed E-state index contributed by atoms with van der Waals surface area (Å²) in [5, 5.41) is 9.86. The van der Waals surface area contributed by atoms with Crippen LogP contribution in [0, 0.1) is 19.3 Å². The van der Waals surface area contributed by atoms with Crippen molar-refractivity contribution >= 4 is 0 Å². The van der Waals surface area contributed by atoms with Gasteiger partial charge in [-0.3, -0.25) is 0 Å². The zero-order chi connectivity index (χ0) is 11.1. The minimum absolute atomic E-state index is 0.291. The van der Waals surface area contributed by atoms with Gasteiger partial charge in [0.05, 0.1) is 0 Å². The minimum atomic E-state index is 0.291. The first kappa shape index (κ1) is 10.5. The van der Waals surface area contributed by atoms with Gasteiger partial charge in [-0.25, -0.2) is 0 Å². The van der Waals surface area contributed by atoms with Crippen LogP contribution in [-0.4, -0.2) is 11.7 Å². The molecule has 0 heterocycles. The van der Waals surface area contributed by atoms with Crippen molar-refractivity contribution in [1.82, 2.24) is 0 Å². The second kappa shape index (κ2) is 3.53. The maximum Gasteiger partial charge on any atom is 0.119 e. The topological polar surface area (TPSA) is 46.2 Å². The maximum atomic E-state index is 9.86. The van der Waals surface area contributed by atoms with Crippen LogP contribution in [0.4, 0.5) is 0 Å². The Morgan fingerprint density at radius 2 is 1.87 bits per heavy atom. The Kier molecular flexibility index (Phi) is 2.47. The molecule has 2 nitrogen and oxygen atoms in total. The van der Waals surface area contributed by atoms with Gasteiger partial charge in [0.15, 0.2) is 0 Å². The minimum Gasteiger partial charge on any atom is -0.508 e. The first-order chi connectivity index (χ1) is 7.06. The van der Waals surface area contributed by atoms with Crippen molar-refractivity contribution in [2.75, 3.05) is 6.54 Å². The van der Waals surface area contributed by atoms with E-state index in [2.05, 4.69) is 13.0 Å². The lowest BCUT2D eigenvalue weighted by molar-refractivity contribution is 0.449. The Hall–Kier alpha value is -1.02. The molecule has 1 saturated carbocycles. The van der Waals surface area contributed by atoms with Gasteiger partial charge in [0.25, 0.3) is 0 Å². The fourth-order valence-electron chi connectivity index (χ4n) is 2.04. The van der Waals surface area contributed by atoms with Crippen LogP contribution < -0.4 is 5.73 Å². The summed E-state index contributed by atoms with van der Waals surface area (Å²) in [6, 6.07) is 3.96. The summed E-state index contributed by atoms with van der Waals surface area (Å²) in [5.74, 6) is 0.429. The predicted octanol–water partition coefficient (Wildman–Crippen LogP) is 2.29. The number of aromatic hydroxyl groups is 1. The van der Waals surface area contributed by atoms with Crippen LogP contribution >= 0.6 is 0 Å². The molecule has 1 aromatic rings.